The van der Waals surface area contributed by atoms with Crippen molar-refractivity contribution in [1.29, 1.82) is 0 Å². The molecule has 3 saturated heterocycles. The van der Waals surface area contributed by atoms with Crippen LogP contribution in [0.5, 0.6) is 0 Å². The van der Waals surface area contributed by atoms with E-state index in [0.717, 1.165) is 49.8 Å². The van der Waals surface area contributed by atoms with Crippen molar-refractivity contribution in [3.63, 3.8) is 0 Å². The molecular weight excluding hydrogens is 358 g/mol. The first-order chi connectivity index (χ1) is 13.2. The quantitative estimate of drug-likeness (QED) is 0.812. The van der Waals surface area contributed by atoms with Crippen LogP contribution in [0.25, 0.3) is 0 Å². The number of rotatable bonds is 4. The maximum Gasteiger partial charge on any atom is 0.257 e. The third kappa shape index (κ3) is 3.50. The van der Waals surface area contributed by atoms with Crippen LogP contribution in [0.3, 0.4) is 0 Å². The van der Waals surface area contributed by atoms with E-state index in [-0.39, 0.29) is 11.9 Å². The lowest BCUT2D eigenvalue weighted by Gasteiger charge is -2.36. The number of piperidine rings is 1. The third-order valence-electron chi connectivity index (χ3n) is 6.09. The number of fused-ring (bicyclic) bond motifs is 4. The number of carbonyl (C=O) groups is 1. The summed E-state index contributed by atoms with van der Waals surface area (Å²) in [5.41, 5.74) is 4.54. The summed E-state index contributed by atoms with van der Waals surface area (Å²) in [5.74, 6) is 2.08. The molecular formula is C20H25N5OS. The zero-order valence-electron chi connectivity index (χ0n) is 15.7. The Bertz CT molecular complexity index is 835. The van der Waals surface area contributed by atoms with Crippen LogP contribution < -0.4 is 0 Å². The summed E-state index contributed by atoms with van der Waals surface area (Å²) in [4.78, 5) is 31.4. The van der Waals surface area contributed by atoms with Crippen LogP contribution >= 0.6 is 11.3 Å². The number of carbonyl (C=O) groups excluding carboxylic acids is 1. The van der Waals surface area contributed by atoms with Crippen LogP contribution in [0.4, 0.5) is 0 Å². The predicted octanol–water partition coefficient (Wildman–Crippen LogP) is 2.86. The number of aromatic nitrogens is 3. The molecule has 27 heavy (non-hydrogen) atoms. The summed E-state index contributed by atoms with van der Waals surface area (Å²) < 4.78 is 0. The van der Waals surface area contributed by atoms with Crippen molar-refractivity contribution in [2.45, 2.75) is 51.1 Å². The third-order valence-corrected chi connectivity index (χ3v) is 6.73. The van der Waals surface area contributed by atoms with Gasteiger partial charge in [0.25, 0.3) is 5.91 Å². The van der Waals surface area contributed by atoms with Crippen molar-refractivity contribution in [3.8, 4) is 0 Å². The summed E-state index contributed by atoms with van der Waals surface area (Å²) in [7, 11) is 0. The molecule has 2 atom stereocenters. The Morgan fingerprint density at radius 2 is 2.07 bits per heavy atom. The van der Waals surface area contributed by atoms with Crippen LogP contribution in [-0.2, 0) is 6.54 Å². The van der Waals surface area contributed by atoms with Gasteiger partial charge in [0.05, 0.1) is 22.5 Å². The van der Waals surface area contributed by atoms with E-state index in [1.165, 1.54) is 19.3 Å². The van der Waals surface area contributed by atoms with Crippen molar-refractivity contribution in [3.05, 3.63) is 39.9 Å². The van der Waals surface area contributed by atoms with Crippen LogP contribution in [0, 0.1) is 12.8 Å². The smallest absolute Gasteiger partial charge is 0.257 e. The Balaban J connectivity index is 1.33. The molecule has 0 radical (unpaired) electrons. The minimum absolute atomic E-state index is 0.111. The van der Waals surface area contributed by atoms with Gasteiger partial charge in [0.15, 0.2) is 0 Å². The zero-order chi connectivity index (χ0) is 18.4. The van der Waals surface area contributed by atoms with Gasteiger partial charge in [-0.05, 0) is 38.5 Å². The Kier molecular flexibility index (Phi) is 4.44. The monoisotopic (exact) mass is 383 g/mol. The van der Waals surface area contributed by atoms with Gasteiger partial charge in [-0.1, -0.05) is 0 Å². The van der Waals surface area contributed by atoms with E-state index < -0.39 is 0 Å². The fraction of sp³-hybridized carbons (Fsp3) is 0.600. The molecule has 142 valence electrons. The van der Waals surface area contributed by atoms with E-state index in [0.29, 0.717) is 17.4 Å². The Morgan fingerprint density at radius 3 is 2.81 bits per heavy atom. The minimum atomic E-state index is 0.111. The van der Waals surface area contributed by atoms with Crippen molar-refractivity contribution in [2.24, 2.45) is 5.92 Å². The highest BCUT2D eigenvalue weighted by Gasteiger charge is 2.38. The molecule has 0 spiro atoms. The second kappa shape index (κ2) is 6.95. The molecule has 7 heteroatoms. The van der Waals surface area contributed by atoms with E-state index in [1.807, 2.05) is 12.4 Å². The van der Waals surface area contributed by atoms with Gasteiger partial charge in [-0.15, -0.1) is 11.3 Å². The summed E-state index contributed by atoms with van der Waals surface area (Å²) in [6, 6.07) is 0.275. The van der Waals surface area contributed by atoms with Gasteiger partial charge >= 0.3 is 0 Å². The van der Waals surface area contributed by atoms with Gasteiger partial charge in [-0.2, -0.15) is 0 Å². The van der Waals surface area contributed by atoms with E-state index in [4.69, 9.17) is 0 Å². The van der Waals surface area contributed by atoms with E-state index in [2.05, 4.69) is 30.1 Å². The van der Waals surface area contributed by atoms with E-state index in [9.17, 15) is 4.79 Å². The maximum absolute atomic E-state index is 13.3. The molecule has 0 aromatic carbocycles. The summed E-state index contributed by atoms with van der Waals surface area (Å²) in [6.07, 6.45) is 6.42. The van der Waals surface area contributed by atoms with Crippen LogP contribution in [0.2, 0.25) is 0 Å². The number of amides is 1. The molecule has 5 heterocycles. The van der Waals surface area contributed by atoms with Crippen LogP contribution in [-0.4, -0.2) is 56.3 Å². The molecule has 4 aliphatic rings. The molecule has 6 rings (SSSR count). The topological polar surface area (TPSA) is 62.2 Å². The highest BCUT2D eigenvalue weighted by Crippen LogP contribution is 2.38. The SMILES string of the molecule is Cc1nc(C2CC2)ncc1C(=O)N1C[C@H]2CC[C@@H]1CN(Cc1cscn1)C2. The van der Waals surface area contributed by atoms with E-state index >= 15 is 0 Å². The number of hydrogen-bond acceptors (Lipinski definition) is 6. The summed E-state index contributed by atoms with van der Waals surface area (Å²) >= 11 is 1.65. The fourth-order valence-electron chi connectivity index (χ4n) is 4.49. The fourth-order valence-corrected chi connectivity index (χ4v) is 5.04. The molecule has 4 fully saturated rings. The Labute approximate surface area is 163 Å². The van der Waals surface area contributed by atoms with Crippen molar-refractivity contribution >= 4 is 17.2 Å². The minimum Gasteiger partial charge on any atom is -0.334 e. The average molecular weight is 384 g/mol. The van der Waals surface area contributed by atoms with E-state index in [1.54, 1.807) is 17.5 Å². The highest BCUT2D eigenvalue weighted by molar-refractivity contribution is 7.07. The first kappa shape index (κ1) is 17.3. The lowest BCUT2D eigenvalue weighted by atomic mass is 9.94. The molecule has 0 N–H and O–H groups in total. The molecule has 3 aliphatic heterocycles. The molecule has 2 aromatic heterocycles. The number of aryl methyl sites for hydroxylation is 1. The van der Waals surface area contributed by atoms with Crippen molar-refractivity contribution < 1.29 is 4.79 Å². The van der Waals surface area contributed by atoms with Gasteiger partial charge < -0.3 is 4.90 Å². The predicted molar refractivity (Wildman–Crippen MR) is 104 cm³/mol. The lowest BCUT2D eigenvalue weighted by molar-refractivity contribution is 0.0583. The molecule has 1 aliphatic carbocycles. The summed E-state index contributed by atoms with van der Waals surface area (Å²) in [6.45, 7) is 5.66. The molecule has 1 amide bonds. The van der Waals surface area contributed by atoms with Gasteiger partial charge in [0, 0.05) is 49.7 Å². The van der Waals surface area contributed by atoms with Crippen LogP contribution in [0.15, 0.2) is 17.1 Å². The normalized spacial score (nSPS) is 25.6. The Morgan fingerprint density at radius 1 is 1.19 bits per heavy atom. The first-order valence-electron chi connectivity index (χ1n) is 9.91. The van der Waals surface area contributed by atoms with Gasteiger partial charge in [-0.3, -0.25) is 9.69 Å². The molecule has 0 unspecified atom stereocenters. The first-order valence-corrected chi connectivity index (χ1v) is 10.9. The standard InChI is InChI=1S/C20H25N5OS/c1-13-18(6-21-19(23-13)15-3-4-15)20(26)25-8-14-2-5-17(25)10-24(7-14)9-16-11-27-12-22-16/h6,11-12,14-15,17H,2-5,7-10H2,1H3/t14-,17+/m0/s1. The molecule has 6 nitrogen and oxygen atoms in total. The number of thiazole rings is 1. The van der Waals surface area contributed by atoms with Gasteiger partial charge in [-0.25, -0.2) is 15.0 Å². The van der Waals surface area contributed by atoms with Gasteiger partial charge in [0.2, 0.25) is 0 Å². The van der Waals surface area contributed by atoms with Gasteiger partial charge in [0.1, 0.15) is 5.82 Å². The van der Waals surface area contributed by atoms with Crippen molar-refractivity contribution in [2.75, 3.05) is 19.6 Å². The molecule has 2 aromatic rings. The maximum atomic E-state index is 13.3. The largest absolute Gasteiger partial charge is 0.334 e. The second-order valence-electron chi connectivity index (χ2n) is 8.23. The number of hydrogen-bond donors (Lipinski definition) is 0. The zero-order valence-corrected chi connectivity index (χ0v) is 16.5. The molecule has 2 bridgehead atoms. The van der Waals surface area contributed by atoms with Crippen LogP contribution in [0.1, 0.15) is 59.2 Å². The molecule has 1 saturated carbocycles. The summed E-state index contributed by atoms with van der Waals surface area (Å²) in [5, 5.41) is 2.12. The average Bonchev–Trinajstić information content (AvgIpc) is 3.45. The number of nitrogens with zero attached hydrogens (tertiary/aromatic N) is 5. The lowest BCUT2D eigenvalue weighted by Crippen LogP contribution is -2.47. The second-order valence-corrected chi connectivity index (χ2v) is 8.95. The van der Waals surface area contributed by atoms with Crippen molar-refractivity contribution in [1.82, 2.24) is 24.8 Å². The Hall–Kier alpha value is -1.86. The highest BCUT2D eigenvalue weighted by atomic mass is 32.1.